The second-order valence-electron chi connectivity index (χ2n) is 6.37. The van der Waals surface area contributed by atoms with Crippen molar-refractivity contribution in [1.82, 2.24) is 10.2 Å². The van der Waals surface area contributed by atoms with Crippen LogP contribution in [0.5, 0.6) is 0 Å². The molecule has 1 aromatic heterocycles. The van der Waals surface area contributed by atoms with Crippen LogP contribution < -0.4 is 9.88 Å². The van der Waals surface area contributed by atoms with Crippen LogP contribution in [-0.4, -0.2) is 29.8 Å². The zero-order chi connectivity index (χ0) is 19.1. The lowest BCUT2D eigenvalue weighted by Gasteiger charge is -2.19. The Bertz CT molecular complexity index is 755. The highest BCUT2D eigenvalue weighted by atomic mass is 16.2. The van der Waals surface area contributed by atoms with E-state index in [4.69, 9.17) is 0 Å². The molecule has 2 amide bonds. The predicted molar refractivity (Wildman–Crippen MR) is 102 cm³/mol. The molecule has 1 unspecified atom stereocenters. The Balaban J connectivity index is 2.24. The van der Waals surface area contributed by atoms with Gasteiger partial charge < -0.3 is 10.2 Å². The highest BCUT2D eigenvalue weighted by Gasteiger charge is 2.21. The number of nitrogens with one attached hydrogen (secondary N) is 1. The van der Waals surface area contributed by atoms with Gasteiger partial charge in [-0.15, -0.1) is 0 Å². The number of hydrogen-bond acceptors (Lipinski definition) is 2. The number of benzene rings is 1. The van der Waals surface area contributed by atoms with Gasteiger partial charge in [0.2, 0.25) is 5.91 Å². The Morgan fingerprint density at radius 1 is 1.08 bits per heavy atom. The zero-order valence-corrected chi connectivity index (χ0v) is 16.0. The maximum atomic E-state index is 12.5. The summed E-state index contributed by atoms with van der Waals surface area (Å²) in [7, 11) is 1.93. The summed E-state index contributed by atoms with van der Waals surface area (Å²) in [5.41, 5.74) is 2.78. The number of aryl methyl sites for hydroxylation is 1. The number of carbonyl (C=O) groups excluding carboxylic acids is 2. The summed E-state index contributed by atoms with van der Waals surface area (Å²) in [4.78, 5) is 25.9. The molecular formula is C21H28N3O2+. The molecule has 0 spiro atoms. The van der Waals surface area contributed by atoms with Crippen LogP contribution in [-0.2, 0) is 18.3 Å². The number of nitrogens with zero attached hydrogens (tertiary/aromatic N) is 2. The Morgan fingerprint density at radius 2 is 1.73 bits per heavy atom. The van der Waals surface area contributed by atoms with E-state index in [-0.39, 0.29) is 17.9 Å². The Morgan fingerprint density at radius 3 is 2.27 bits per heavy atom. The molecule has 0 aliphatic rings. The first kappa shape index (κ1) is 19.6. The van der Waals surface area contributed by atoms with E-state index in [0.717, 1.165) is 11.3 Å². The predicted octanol–water partition coefficient (Wildman–Crippen LogP) is 2.41. The summed E-state index contributed by atoms with van der Waals surface area (Å²) in [6, 6.07) is 13.6. The Hall–Kier alpha value is -2.69. The number of aromatic nitrogens is 1. The van der Waals surface area contributed by atoms with Gasteiger partial charge in [0.1, 0.15) is 12.6 Å². The van der Waals surface area contributed by atoms with E-state index in [0.29, 0.717) is 25.1 Å². The van der Waals surface area contributed by atoms with E-state index in [1.54, 1.807) is 4.90 Å². The summed E-state index contributed by atoms with van der Waals surface area (Å²) in [5, 5.41) is 3.02. The third-order valence-electron chi connectivity index (χ3n) is 4.53. The zero-order valence-electron chi connectivity index (χ0n) is 16.0. The molecule has 0 bridgehead atoms. The largest absolute Gasteiger partial charge is 0.349 e. The molecule has 0 saturated heterocycles. The average Bonchev–Trinajstić information content (AvgIpc) is 2.64. The van der Waals surface area contributed by atoms with Crippen LogP contribution in [0.25, 0.3) is 0 Å². The number of pyridine rings is 1. The molecule has 0 aliphatic heterocycles. The van der Waals surface area contributed by atoms with Crippen LogP contribution in [0.1, 0.15) is 48.4 Å². The number of hydrogen-bond donors (Lipinski definition) is 1. The minimum atomic E-state index is -0.107. The molecule has 138 valence electrons. The molecule has 1 aromatic carbocycles. The second kappa shape index (κ2) is 9.13. The molecular weight excluding hydrogens is 326 g/mol. The monoisotopic (exact) mass is 354 g/mol. The molecule has 2 rings (SSSR count). The minimum absolute atomic E-state index is 0.0404. The van der Waals surface area contributed by atoms with Gasteiger partial charge in [0.25, 0.3) is 5.91 Å². The van der Waals surface area contributed by atoms with Crippen molar-refractivity contribution in [2.45, 2.75) is 33.2 Å². The van der Waals surface area contributed by atoms with Crippen molar-refractivity contribution < 1.29 is 14.2 Å². The third kappa shape index (κ3) is 4.91. The van der Waals surface area contributed by atoms with Crippen LogP contribution in [0.3, 0.4) is 0 Å². The van der Waals surface area contributed by atoms with Gasteiger partial charge in [-0.25, -0.2) is 4.57 Å². The average molecular weight is 354 g/mol. The van der Waals surface area contributed by atoms with E-state index >= 15 is 0 Å². The van der Waals surface area contributed by atoms with Crippen molar-refractivity contribution in [2.24, 2.45) is 7.05 Å². The van der Waals surface area contributed by atoms with Gasteiger partial charge >= 0.3 is 0 Å². The van der Waals surface area contributed by atoms with Crippen LogP contribution in [0.2, 0.25) is 0 Å². The Labute approximate surface area is 155 Å². The van der Waals surface area contributed by atoms with Crippen molar-refractivity contribution in [3.8, 4) is 0 Å². The molecule has 0 aliphatic carbocycles. The topological polar surface area (TPSA) is 53.3 Å². The molecule has 5 heteroatoms. The molecule has 2 aromatic rings. The minimum Gasteiger partial charge on any atom is -0.349 e. The lowest BCUT2D eigenvalue weighted by Crippen LogP contribution is -2.39. The number of rotatable bonds is 7. The van der Waals surface area contributed by atoms with Crippen molar-refractivity contribution in [2.75, 3.05) is 13.1 Å². The first-order valence-corrected chi connectivity index (χ1v) is 9.06. The Kier molecular flexibility index (Phi) is 6.89. The van der Waals surface area contributed by atoms with E-state index in [2.05, 4.69) is 5.32 Å². The maximum Gasteiger partial charge on any atom is 0.259 e. The standard InChI is InChI=1S/C21H27N3O2/c1-5-24(6-2)21(26)18-12-13-19(23(4)15-18)14-20(22-16(3)25)17-10-8-7-9-11-17/h7-13,15,20H,5-6,14H2,1-4H3/p+1. The van der Waals surface area contributed by atoms with Gasteiger partial charge in [-0.2, -0.15) is 0 Å². The van der Waals surface area contributed by atoms with Gasteiger partial charge in [-0.1, -0.05) is 30.3 Å². The van der Waals surface area contributed by atoms with E-state index in [1.807, 2.05) is 74.1 Å². The summed E-state index contributed by atoms with van der Waals surface area (Å²) in [5.74, 6) is -0.0199. The molecule has 1 atom stereocenters. The highest BCUT2D eigenvalue weighted by Crippen LogP contribution is 2.17. The summed E-state index contributed by atoms with van der Waals surface area (Å²) in [6.45, 7) is 6.88. The third-order valence-corrected chi connectivity index (χ3v) is 4.53. The van der Waals surface area contributed by atoms with Crippen molar-refractivity contribution in [1.29, 1.82) is 0 Å². The van der Waals surface area contributed by atoms with Gasteiger partial charge in [0.15, 0.2) is 11.9 Å². The second-order valence-corrected chi connectivity index (χ2v) is 6.37. The first-order valence-electron chi connectivity index (χ1n) is 9.06. The van der Waals surface area contributed by atoms with Crippen molar-refractivity contribution in [3.63, 3.8) is 0 Å². The molecule has 1 N–H and O–H groups in total. The van der Waals surface area contributed by atoms with Gasteiger partial charge in [-0.3, -0.25) is 9.59 Å². The van der Waals surface area contributed by atoms with Gasteiger partial charge in [0.05, 0.1) is 12.5 Å². The fourth-order valence-electron chi connectivity index (χ4n) is 3.06. The van der Waals surface area contributed by atoms with Gasteiger partial charge in [-0.05, 0) is 25.5 Å². The van der Waals surface area contributed by atoms with E-state index < -0.39 is 0 Å². The smallest absolute Gasteiger partial charge is 0.259 e. The quantitative estimate of drug-likeness (QED) is 0.777. The summed E-state index contributed by atoms with van der Waals surface area (Å²) < 4.78 is 1.97. The van der Waals surface area contributed by atoms with E-state index in [1.165, 1.54) is 6.92 Å². The fraction of sp³-hybridized carbons (Fsp3) is 0.381. The number of amides is 2. The summed E-state index contributed by atoms with van der Waals surface area (Å²) in [6.07, 6.45) is 2.52. The van der Waals surface area contributed by atoms with Crippen LogP contribution >= 0.6 is 0 Å². The van der Waals surface area contributed by atoms with Crippen molar-refractivity contribution in [3.05, 3.63) is 65.5 Å². The van der Waals surface area contributed by atoms with Crippen LogP contribution in [0.15, 0.2) is 48.7 Å². The normalized spacial score (nSPS) is 11.7. The van der Waals surface area contributed by atoms with E-state index in [9.17, 15) is 9.59 Å². The molecule has 0 radical (unpaired) electrons. The number of carbonyl (C=O) groups is 2. The maximum absolute atomic E-state index is 12.5. The molecule has 0 fully saturated rings. The lowest BCUT2D eigenvalue weighted by atomic mass is 10.0. The highest BCUT2D eigenvalue weighted by molar-refractivity contribution is 5.93. The van der Waals surface area contributed by atoms with Crippen LogP contribution in [0.4, 0.5) is 0 Å². The molecule has 26 heavy (non-hydrogen) atoms. The molecule has 0 saturated carbocycles. The summed E-state index contributed by atoms with van der Waals surface area (Å²) >= 11 is 0. The fourth-order valence-corrected chi connectivity index (χ4v) is 3.06. The SMILES string of the molecule is CCN(CC)C(=O)c1ccc(CC(NC(C)=O)c2ccccc2)[n+](C)c1. The van der Waals surface area contributed by atoms with Crippen molar-refractivity contribution >= 4 is 11.8 Å². The first-order chi connectivity index (χ1) is 12.5. The van der Waals surface area contributed by atoms with Gasteiger partial charge in [0, 0.05) is 26.1 Å². The lowest BCUT2D eigenvalue weighted by molar-refractivity contribution is -0.679. The molecule has 5 nitrogen and oxygen atoms in total. The molecule has 1 heterocycles. The van der Waals surface area contributed by atoms with Crippen LogP contribution in [0, 0.1) is 0 Å².